The standard InChI is InChI=1S/C22H25ClN6O/c1-14-11-16(12-18(23)21(14)24)19-13-20(27-26-19)25-22(30)15-3-5-17(6-4-15)29-9-7-28(2)8-10-29/h3-6,11-13H,7-10,24H2,1-2H3,(H2,25,26,27,30). The molecule has 1 aliphatic heterocycles. The van der Waals surface area contributed by atoms with Crippen molar-refractivity contribution in [1.82, 2.24) is 15.1 Å². The molecule has 4 rings (SSSR count). The first-order valence-electron chi connectivity index (χ1n) is 9.87. The number of hydrogen-bond acceptors (Lipinski definition) is 5. The zero-order valence-corrected chi connectivity index (χ0v) is 17.8. The average Bonchev–Trinajstić information content (AvgIpc) is 3.21. The molecule has 1 amide bonds. The summed E-state index contributed by atoms with van der Waals surface area (Å²) in [6.45, 7) is 5.97. The number of halogens is 1. The predicted octanol–water partition coefficient (Wildman–Crippen LogP) is 3.62. The third-order valence-electron chi connectivity index (χ3n) is 5.46. The Bertz CT molecular complexity index is 1030. The molecule has 8 heteroatoms. The van der Waals surface area contributed by atoms with E-state index in [2.05, 4.69) is 32.4 Å². The first-order chi connectivity index (χ1) is 14.4. The van der Waals surface area contributed by atoms with Crippen LogP contribution in [0.2, 0.25) is 5.02 Å². The van der Waals surface area contributed by atoms with Crippen LogP contribution in [0.4, 0.5) is 17.2 Å². The number of carbonyl (C=O) groups excluding carboxylic acids is 1. The van der Waals surface area contributed by atoms with Crippen LogP contribution in [0.15, 0.2) is 42.5 Å². The Morgan fingerprint density at radius 3 is 2.50 bits per heavy atom. The maximum Gasteiger partial charge on any atom is 0.256 e. The molecular formula is C22H25ClN6O. The van der Waals surface area contributed by atoms with Gasteiger partial charge < -0.3 is 20.9 Å². The number of nitrogens with two attached hydrogens (primary N) is 1. The fraction of sp³-hybridized carbons (Fsp3) is 0.273. The summed E-state index contributed by atoms with van der Waals surface area (Å²) < 4.78 is 0. The van der Waals surface area contributed by atoms with E-state index in [1.807, 2.05) is 37.3 Å². The molecule has 2 heterocycles. The van der Waals surface area contributed by atoms with Gasteiger partial charge in [0.15, 0.2) is 5.82 Å². The minimum absolute atomic E-state index is 0.204. The highest BCUT2D eigenvalue weighted by molar-refractivity contribution is 6.33. The van der Waals surface area contributed by atoms with Crippen molar-refractivity contribution in [3.63, 3.8) is 0 Å². The average molecular weight is 425 g/mol. The molecule has 2 aromatic carbocycles. The minimum Gasteiger partial charge on any atom is -0.397 e. The van der Waals surface area contributed by atoms with E-state index in [1.165, 1.54) is 0 Å². The lowest BCUT2D eigenvalue weighted by Gasteiger charge is -2.34. The largest absolute Gasteiger partial charge is 0.397 e. The number of piperazine rings is 1. The van der Waals surface area contributed by atoms with Gasteiger partial charge in [0.05, 0.1) is 16.4 Å². The fourth-order valence-electron chi connectivity index (χ4n) is 3.52. The van der Waals surface area contributed by atoms with E-state index in [0.717, 1.165) is 48.7 Å². The van der Waals surface area contributed by atoms with Gasteiger partial charge in [-0.2, -0.15) is 5.10 Å². The first kappa shape index (κ1) is 20.3. The molecule has 1 fully saturated rings. The topological polar surface area (TPSA) is 90.3 Å². The molecule has 0 bridgehead atoms. The Balaban J connectivity index is 1.43. The Morgan fingerprint density at radius 1 is 1.13 bits per heavy atom. The van der Waals surface area contributed by atoms with Gasteiger partial charge in [-0.15, -0.1) is 0 Å². The Hall–Kier alpha value is -3.03. The van der Waals surface area contributed by atoms with Crippen LogP contribution >= 0.6 is 11.6 Å². The van der Waals surface area contributed by atoms with E-state index in [4.69, 9.17) is 17.3 Å². The normalized spacial score (nSPS) is 14.7. The van der Waals surface area contributed by atoms with E-state index in [9.17, 15) is 4.79 Å². The molecule has 0 atom stereocenters. The minimum atomic E-state index is -0.204. The molecule has 0 unspecified atom stereocenters. The number of anilines is 3. The number of likely N-dealkylation sites (N-methyl/N-ethyl adjacent to an activating group) is 1. The number of rotatable bonds is 4. The molecule has 0 aliphatic carbocycles. The molecule has 1 saturated heterocycles. The highest BCUT2D eigenvalue weighted by atomic mass is 35.5. The lowest BCUT2D eigenvalue weighted by Crippen LogP contribution is -2.44. The lowest BCUT2D eigenvalue weighted by atomic mass is 10.1. The zero-order valence-electron chi connectivity index (χ0n) is 17.1. The van der Waals surface area contributed by atoms with E-state index < -0.39 is 0 Å². The molecule has 0 saturated carbocycles. The summed E-state index contributed by atoms with van der Waals surface area (Å²) >= 11 is 6.18. The van der Waals surface area contributed by atoms with E-state index in [-0.39, 0.29) is 5.91 Å². The van der Waals surface area contributed by atoms with Crippen LogP contribution in [-0.4, -0.2) is 54.2 Å². The van der Waals surface area contributed by atoms with Crippen LogP contribution < -0.4 is 16.0 Å². The van der Waals surface area contributed by atoms with Crippen molar-refractivity contribution < 1.29 is 4.79 Å². The quantitative estimate of drug-likeness (QED) is 0.556. The van der Waals surface area contributed by atoms with Crippen molar-refractivity contribution in [2.75, 3.05) is 49.2 Å². The van der Waals surface area contributed by atoms with Crippen molar-refractivity contribution in [1.29, 1.82) is 0 Å². The number of amides is 1. The second kappa shape index (κ2) is 8.38. The van der Waals surface area contributed by atoms with Gasteiger partial charge in [-0.3, -0.25) is 9.89 Å². The second-order valence-electron chi connectivity index (χ2n) is 7.65. The van der Waals surface area contributed by atoms with Gasteiger partial charge in [-0.25, -0.2) is 0 Å². The van der Waals surface area contributed by atoms with E-state index in [1.54, 1.807) is 12.1 Å². The molecule has 0 radical (unpaired) electrons. The van der Waals surface area contributed by atoms with Crippen molar-refractivity contribution in [2.45, 2.75) is 6.92 Å². The van der Waals surface area contributed by atoms with Crippen LogP contribution in [0, 0.1) is 6.92 Å². The third-order valence-corrected chi connectivity index (χ3v) is 5.78. The van der Waals surface area contributed by atoms with Gasteiger partial charge in [0.2, 0.25) is 0 Å². The maximum atomic E-state index is 12.6. The van der Waals surface area contributed by atoms with Crippen LogP contribution in [0.1, 0.15) is 15.9 Å². The van der Waals surface area contributed by atoms with Gasteiger partial charge in [0.25, 0.3) is 5.91 Å². The predicted molar refractivity (Wildman–Crippen MR) is 122 cm³/mol. The summed E-state index contributed by atoms with van der Waals surface area (Å²) in [6, 6.07) is 13.2. The van der Waals surface area contributed by atoms with Crippen molar-refractivity contribution in [2.24, 2.45) is 0 Å². The molecule has 3 aromatic rings. The number of hydrogen-bond donors (Lipinski definition) is 3. The SMILES string of the molecule is Cc1cc(-c2cc(NC(=O)c3ccc(N4CCN(C)CC4)cc3)n[nH]2)cc(Cl)c1N. The number of aryl methyl sites for hydroxylation is 1. The highest BCUT2D eigenvalue weighted by Crippen LogP contribution is 2.30. The third kappa shape index (κ3) is 4.27. The number of H-pyrrole nitrogens is 1. The van der Waals surface area contributed by atoms with Gasteiger partial charge in [0, 0.05) is 49.1 Å². The molecule has 156 valence electrons. The maximum absolute atomic E-state index is 12.6. The van der Waals surface area contributed by atoms with Crippen LogP contribution in [0.5, 0.6) is 0 Å². The Morgan fingerprint density at radius 2 is 1.83 bits per heavy atom. The number of aromatic nitrogens is 2. The molecule has 0 spiro atoms. The second-order valence-corrected chi connectivity index (χ2v) is 8.05. The molecule has 1 aliphatic rings. The van der Waals surface area contributed by atoms with Gasteiger partial charge >= 0.3 is 0 Å². The zero-order chi connectivity index (χ0) is 21.3. The van der Waals surface area contributed by atoms with Crippen molar-refractivity contribution >= 4 is 34.7 Å². The van der Waals surface area contributed by atoms with Gasteiger partial charge in [0.1, 0.15) is 0 Å². The molecule has 1 aromatic heterocycles. The number of nitrogen functional groups attached to an aromatic ring is 1. The summed E-state index contributed by atoms with van der Waals surface area (Å²) in [4.78, 5) is 17.3. The molecule has 30 heavy (non-hydrogen) atoms. The van der Waals surface area contributed by atoms with Crippen molar-refractivity contribution in [3.8, 4) is 11.3 Å². The summed E-state index contributed by atoms with van der Waals surface area (Å²) in [7, 11) is 2.13. The number of carbonyl (C=O) groups is 1. The number of aromatic amines is 1. The van der Waals surface area contributed by atoms with E-state index >= 15 is 0 Å². The number of nitrogens with one attached hydrogen (secondary N) is 2. The number of benzene rings is 2. The Kier molecular flexibility index (Phi) is 5.65. The highest BCUT2D eigenvalue weighted by Gasteiger charge is 2.15. The fourth-order valence-corrected chi connectivity index (χ4v) is 3.79. The summed E-state index contributed by atoms with van der Waals surface area (Å²) in [5, 5.41) is 10.5. The van der Waals surface area contributed by atoms with Crippen LogP contribution in [-0.2, 0) is 0 Å². The lowest BCUT2D eigenvalue weighted by molar-refractivity contribution is 0.102. The summed E-state index contributed by atoms with van der Waals surface area (Å²) in [6.07, 6.45) is 0. The van der Waals surface area contributed by atoms with Gasteiger partial charge in [-0.1, -0.05) is 11.6 Å². The summed E-state index contributed by atoms with van der Waals surface area (Å²) in [5.74, 6) is 0.244. The summed E-state index contributed by atoms with van der Waals surface area (Å²) in [5.41, 5.74) is 10.7. The van der Waals surface area contributed by atoms with Crippen LogP contribution in [0.3, 0.4) is 0 Å². The molecule has 4 N–H and O–H groups in total. The smallest absolute Gasteiger partial charge is 0.256 e. The molecular weight excluding hydrogens is 400 g/mol. The van der Waals surface area contributed by atoms with E-state index in [0.29, 0.717) is 22.1 Å². The van der Waals surface area contributed by atoms with Crippen molar-refractivity contribution in [3.05, 3.63) is 58.6 Å². The molecule has 7 nitrogen and oxygen atoms in total. The van der Waals surface area contributed by atoms with Gasteiger partial charge in [-0.05, 0) is 55.9 Å². The number of nitrogens with zero attached hydrogens (tertiary/aromatic N) is 3. The first-order valence-corrected chi connectivity index (χ1v) is 10.2. The monoisotopic (exact) mass is 424 g/mol. The Labute approximate surface area is 180 Å². The van der Waals surface area contributed by atoms with Crippen LogP contribution in [0.25, 0.3) is 11.3 Å².